The fourth-order valence-electron chi connectivity index (χ4n) is 4.48. The molecule has 0 heterocycles. The van der Waals surface area contributed by atoms with E-state index >= 15 is 0 Å². The van der Waals surface area contributed by atoms with Crippen LogP contribution in [-0.4, -0.2) is 62.6 Å². The molecule has 202 valence electrons. The molecule has 0 aromatic heterocycles. The zero-order valence-corrected chi connectivity index (χ0v) is 22.6. The lowest BCUT2D eigenvalue weighted by atomic mass is 9.62. The van der Waals surface area contributed by atoms with Crippen LogP contribution in [-0.2, 0) is 28.5 Å². The average molecular weight is 501 g/mol. The summed E-state index contributed by atoms with van der Waals surface area (Å²) in [6, 6.07) is -0.0846. The summed E-state index contributed by atoms with van der Waals surface area (Å²) in [5.74, 6) is -0.899. The van der Waals surface area contributed by atoms with E-state index in [1.54, 1.807) is 34.6 Å². The lowest BCUT2D eigenvalue weighted by Crippen LogP contribution is -2.50. The first-order valence-electron chi connectivity index (χ1n) is 12.3. The molecule has 35 heavy (non-hydrogen) atoms. The maximum atomic E-state index is 12.6. The first kappa shape index (κ1) is 30.5. The maximum Gasteiger partial charge on any atom is 0.407 e. The van der Waals surface area contributed by atoms with Gasteiger partial charge in [0.1, 0.15) is 13.2 Å². The molecule has 0 aliphatic heterocycles. The summed E-state index contributed by atoms with van der Waals surface area (Å²) in [7, 11) is 0. The van der Waals surface area contributed by atoms with Crippen molar-refractivity contribution < 1.29 is 38.1 Å². The number of amides is 2. The van der Waals surface area contributed by atoms with Crippen LogP contribution in [0.4, 0.5) is 9.59 Å². The quantitative estimate of drug-likeness (QED) is 0.341. The molecule has 1 aliphatic rings. The molecule has 0 spiro atoms. The van der Waals surface area contributed by atoms with Crippen LogP contribution in [0, 0.1) is 16.2 Å². The minimum atomic E-state index is -0.939. The standard InChI is InChI=1S/C25H44N2O8/c1-9-19(28)33-13-18(14-34-20(29)23(3,4)5)35-21(30)26-16-25(8)12-17(11-24(6,7)15-25)27-22(31)32-10-2/h17-18H,9-16H2,1-8H3,(H,26,30)(H,27,31). The number of nitrogens with one attached hydrogen (secondary N) is 2. The summed E-state index contributed by atoms with van der Waals surface area (Å²) < 4.78 is 20.8. The van der Waals surface area contributed by atoms with Gasteiger partial charge < -0.3 is 29.6 Å². The average Bonchev–Trinajstić information content (AvgIpc) is 2.71. The first-order chi connectivity index (χ1) is 16.1. The normalized spacial score (nSPS) is 22.3. The van der Waals surface area contributed by atoms with Crippen LogP contribution in [0.25, 0.3) is 0 Å². The molecule has 2 N–H and O–H groups in total. The van der Waals surface area contributed by atoms with Crippen molar-refractivity contribution in [3.8, 4) is 0 Å². The third kappa shape index (κ3) is 11.6. The molecule has 10 heteroatoms. The Balaban J connectivity index is 2.74. The number of carbonyl (C=O) groups excluding carboxylic acids is 4. The molecule has 1 saturated carbocycles. The van der Waals surface area contributed by atoms with Crippen molar-refractivity contribution in [1.82, 2.24) is 10.6 Å². The minimum absolute atomic E-state index is 0.0548. The largest absolute Gasteiger partial charge is 0.462 e. The van der Waals surface area contributed by atoms with E-state index in [2.05, 4.69) is 31.4 Å². The highest BCUT2D eigenvalue weighted by molar-refractivity contribution is 5.75. The highest BCUT2D eigenvalue weighted by atomic mass is 16.6. The summed E-state index contributed by atoms with van der Waals surface area (Å²) in [5.41, 5.74) is -1.07. The Morgan fingerprint density at radius 2 is 1.57 bits per heavy atom. The lowest BCUT2D eigenvalue weighted by Gasteiger charge is -2.46. The molecule has 0 aromatic rings. The van der Waals surface area contributed by atoms with Crippen LogP contribution in [0.3, 0.4) is 0 Å². The van der Waals surface area contributed by atoms with E-state index in [0.717, 1.165) is 12.8 Å². The third-order valence-electron chi connectivity index (χ3n) is 5.71. The van der Waals surface area contributed by atoms with Gasteiger partial charge >= 0.3 is 24.1 Å². The summed E-state index contributed by atoms with van der Waals surface area (Å²) in [6.07, 6.45) is 0.392. The second-order valence-corrected chi connectivity index (χ2v) is 11.4. The van der Waals surface area contributed by atoms with Crippen LogP contribution in [0.1, 0.15) is 81.1 Å². The third-order valence-corrected chi connectivity index (χ3v) is 5.71. The SMILES string of the molecule is CCOC(=O)NC1CC(C)(C)CC(C)(CNC(=O)OC(COC(=O)CC)COC(=O)C(C)(C)C)C1. The van der Waals surface area contributed by atoms with Gasteiger partial charge in [0.25, 0.3) is 0 Å². The van der Waals surface area contributed by atoms with E-state index in [1.165, 1.54) is 0 Å². The number of esters is 2. The number of rotatable bonds is 10. The fraction of sp³-hybridized carbons (Fsp3) is 0.840. The molecule has 0 bridgehead atoms. The Kier molecular flexibility index (Phi) is 11.3. The Morgan fingerprint density at radius 1 is 0.943 bits per heavy atom. The molecule has 3 unspecified atom stereocenters. The summed E-state index contributed by atoms with van der Waals surface area (Å²) in [6.45, 7) is 15.0. The van der Waals surface area contributed by atoms with E-state index in [0.29, 0.717) is 19.6 Å². The molecule has 1 rings (SSSR count). The van der Waals surface area contributed by atoms with Crippen LogP contribution >= 0.6 is 0 Å². The van der Waals surface area contributed by atoms with Gasteiger partial charge in [0.15, 0.2) is 6.10 Å². The Hall–Kier alpha value is -2.52. The second kappa shape index (κ2) is 13.0. The van der Waals surface area contributed by atoms with Crippen molar-refractivity contribution in [3.63, 3.8) is 0 Å². The maximum absolute atomic E-state index is 12.6. The van der Waals surface area contributed by atoms with Gasteiger partial charge in [0.2, 0.25) is 0 Å². The predicted octanol–water partition coefficient (Wildman–Crippen LogP) is 3.95. The van der Waals surface area contributed by atoms with Crippen molar-refractivity contribution in [2.75, 3.05) is 26.4 Å². The highest BCUT2D eigenvalue weighted by Crippen LogP contribution is 2.45. The molecule has 2 amide bonds. The zero-order valence-electron chi connectivity index (χ0n) is 22.6. The number of hydrogen-bond donors (Lipinski definition) is 2. The highest BCUT2D eigenvalue weighted by Gasteiger charge is 2.42. The van der Waals surface area contributed by atoms with Crippen LogP contribution < -0.4 is 10.6 Å². The first-order valence-corrected chi connectivity index (χ1v) is 12.3. The van der Waals surface area contributed by atoms with Crippen molar-refractivity contribution in [1.29, 1.82) is 0 Å². The monoisotopic (exact) mass is 500 g/mol. The molecular weight excluding hydrogens is 456 g/mol. The molecule has 1 aliphatic carbocycles. The topological polar surface area (TPSA) is 129 Å². The second-order valence-electron chi connectivity index (χ2n) is 11.4. The molecular formula is C25H44N2O8. The smallest absolute Gasteiger partial charge is 0.407 e. The lowest BCUT2D eigenvalue weighted by molar-refractivity contribution is -0.158. The Labute approximate surface area is 209 Å². The van der Waals surface area contributed by atoms with E-state index in [1.807, 2.05) is 0 Å². The van der Waals surface area contributed by atoms with Gasteiger partial charge in [0, 0.05) is 19.0 Å². The van der Waals surface area contributed by atoms with Gasteiger partial charge in [-0.2, -0.15) is 0 Å². The fourth-order valence-corrected chi connectivity index (χ4v) is 4.48. The van der Waals surface area contributed by atoms with E-state index < -0.39 is 35.6 Å². The van der Waals surface area contributed by atoms with Crippen LogP contribution in [0.15, 0.2) is 0 Å². The van der Waals surface area contributed by atoms with Crippen LogP contribution in [0.2, 0.25) is 0 Å². The number of ether oxygens (including phenoxy) is 4. The van der Waals surface area contributed by atoms with Gasteiger partial charge in [-0.3, -0.25) is 9.59 Å². The van der Waals surface area contributed by atoms with Gasteiger partial charge in [-0.25, -0.2) is 9.59 Å². The molecule has 0 saturated heterocycles. The molecule has 10 nitrogen and oxygen atoms in total. The van der Waals surface area contributed by atoms with E-state index in [9.17, 15) is 19.2 Å². The van der Waals surface area contributed by atoms with Gasteiger partial charge in [-0.15, -0.1) is 0 Å². The number of alkyl carbamates (subject to hydrolysis) is 2. The summed E-state index contributed by atoms with van der Waals surface area (Å²) in [5, 5.41) is 5.71. The molecule has 1 fully saturated rings. The van der Waals surface area contributed by atoms with Gasteiger partial charge in [-0.1, -0.05) is 27.7 Å². The van der Waals surface area contributed by atoms with Gasteiger partial charge in [0.05, 0.1) is 12.0 Å². The Bertz CT molecular complexity index is 746. The predicted molar refractivity (Wildman–Crippen MR) is 130 cm³/mol. The van der Waals surface area contributed by atoms with Crippen molar-refractivity contribution in [2.24, 2.45) is 16.2 Å². The van der Waals surface area contributed by atoms with Crippen molar-refractivity contribution in [2.45, 2.75) is 93.2 Å². The summed E-state index contributed by atoms with van der Waals surface area (Å²) >= 11 is 0. The summed E-state index contributed by atoms with van der Waals surface area (Å²) in [4.78, 5) is 48.2. The molecule has 0 aromatic carbocycles. The van der Waals surface area contributed by atoms with Crippen molar-refractivity contribution in [3.05, 3.63) is 0 Å². The van der Waals surface area contributed by atoms with E-state index in [4.69, 9.17) is 18.9 Å². The van der Waals surface area contributed by atoms with Crippen LogP contribution in [0.5, 0.6) is 0 Å². The number of carbonyl (C=O) groups is 4. The Morgan fingerprint density at radius 3 is 2.14 bits per heavy atom. The molecule has 0 radical (unpaired) electrons. The van der Waals surface area contributed by atoms with E-state index in [-0.39, 0.29) is 36.5 Å². The van der Waals surface area contributed by atoms with Crippen molar-refractivity contribution >= 4 is 24.1 Å². The molecule has 3 atom stereocenters. The minimum Gasteiger partial charge on any atom is -0.462 e. The zero-order chi connectivity index (χ0) is 26.9. The van der Waals surface area contributed by atoms with Gasteiger partial charge in [-0.05, 0) is 57.8 Å². The number of hydrogen-bond acceptors (Lipinski definition) is 8.